The summed E-state index contributed by atoms with van der Waals surface area (Å²) in [6.07, 6.45) is 3.77. The van der Waals surface area contributed by atoms with Crippen LogP contribution in [0.25, 0.3) is 21.9 Å². The molecule has 1 N–H and O–H groups in total. The van der Waals surface area contributed by atoms with Crippen LogP contribution in [0.15, 0.2) is 71.6 Å². The van der Waals surface area contributed by atoms with Crippen molar-refractivity contribution in [3.05, 3.63) is 78.4 Å². The molecule has 6 nitrogen and oxygen atoms in total. The average molecular weight is 554 g/mol. The highest BCUT2D eigenvalue weighted by Gasteiger charge is 2.20. The number of likely N-dealkylation sites (tertiary alicyclic amines) is 1. The Morgan fingerprint density at radius 2 is 1.54 bits per heavy atom. The minimum Gasteiger partial charge on any atom is -0.497 e. The first-order valence-electron chi connectivity index (χ1n) is 12.8. The van der Waals surface area contributed by atoms with Crippen LogP contribution in [0.1, 0.15) is 19.3 Å². The van der Waals surface area contributed by atoms with E-state index in [9.17, 15) is 17.5 Å². The molecule has 9 heteroatoms. The molecule has 1 saturated heterocycles. The first-order valence-corrected chi connectivity index (χ1v) is 13.9. The van der Waals surface area contributed by atoms with Crippen molar-refractivity contribution in [1.82, 2.24) is 4.90 Å². The van der Waals surface area contributed by atoms with Crippen molar-refractivity contribution in [2.24, 2.45) is 0 Å². The van der Waals surface area contributed by atoms with Gasteiger partial charge in [0.25, 0.3) is 0 Å². The van der Waals surface area contributed by atoms with Crippen LogP contribution in [0.4, 0.5) is 8.78 Å². The van der Waals surface area contributed by atoms with Crippen LogP contribution in [0.2, 0.25) is 0 Å². The largest absolute Gasteiger partial charge is 0.497 e. The lowest BCUT2D eigenvalue weighted by Gasteiger charge is -2.26. The zero-order valence-corrected chi connectivity index (χ0v) is 22.3. The lowest BCUT2D eigenvalue weighted by Crippen LogP contribution is -2.33. The van der Waals surface area contributed by atoms with E-state index in [1.54, 1.807) is 37.4 Å². The standard InChI is InChI=1S/C30H29F2NO5S/c1-36-24-10-12-25-20(17-24)5-11-26(21-18-27(31)30(39(34)35)28(32)19-21)29(25)38-23-8-6-22(7-9-23)37-16-15-33-13-3-2-4-14-33/h5-12,17-19H,2-4,13-16H2,1H3,(H,34,35). The van der Waals surface area contributed by atoms with Crippen LogP contribution >= 0.6 is 0 Å². The number of benzene rings is 4. The van der Waals surface area contributed by atoms with Gasteiger partial charge >= 0.3 is 0 Å². The summed E-state index contributed by atoms with van der Waals surface area (Å²) >= 11 is -2.80. The maximum Gasteiger partial charge on any atom is 0.192 e. The number of ether oxygens (including phenoxy) is 3. The predicted molar refractivity (Wildman–Crippen MR) is 147 cm³/mol. The van der Waals surface area contributed by atoms with Gasteiger partial charge in [0.05, 0.1) is 7.11 Å². The highest BCUT2D eigenvalue weighted by atomic mass is 32.2. The van der Waals surface area contributed by atoms with Gasteiger partial charge in [-0.05, 0) is 97.5 Å². The fourth-order valence-corrected chi connectivity index (χ4v) is 5.27. The molecule has 39 heavy (non-hydrogen) atoms. The van der Waals surface area contributed by atoms with Gasteiger partial charge in [-0.3, -0.25) is 4.90 Å². The second kappa shape index (κ2) is 12.1. The number of halogens is 2. The maximum absolute atomic E-state index is 14.6. The van der Waals surface area contributed by atoms with Crippen LogP contribution < -0.4 is 14.2 Å². The predicted octanol–water partition coefficient (Wildman–Crippen LogP) is 7.03. The summed E-state index contributed by atoms with van der Waals surface area (Å²) in [6.45, 7) is 3.71. The summed E-state index contributed by atoms with van der Waals surface area (Å²) in [6, 6.07) is 18.2. The molecular weight excluding hydrogens is 524 g/mol. The molecule has 5 rings (SSSR count). The molecule has 0 amide bonds. The Morgan fingerprint density at radius 3 is 2.21 bits per heavy atom. The van der Waals surface area contributed by atoms with Crippen molar-refractivity contribution in [2.75, 3.05) is 33.4 Å². The van der Waals surface area contributed by atoms with Gasteiger partial charge in [0.2, 0.25) is 0 Å². The van der Waals surface area contributed by atoms with E-state index in [0.29, 0.717) is 34.8 Å². The lowest BCUT2D eigenvalue weighted by molar-refractivity contribution is 0.183. The summed E-state index contributed by atoms with van der Waals surface area (Å²) in [5.74, 6) is 0.0380. The fraction of sp³-hybridized carbons (Fsp3) is 0.267. The Hall–Kier alpha value is -3.53. The smallest absolute Gasteiger partial charge is 0.192 e. The number of hydrogen-bond acceptors (Lipinski definition) is 5. The molecule has 0 aliphatic carbocycles. The Kier molecular flexibility index (Phi) is 8.40. The quantitative estimate of drug-likeness (QED) is 0.225. The Labute approximate surface area is 228 Å². The van der Waals surface area contributed by atoms with Gasteiger partial charge in [-0.2, -0.15) is 0 Å². The van der Waals surface area contributed by atoms with Crippen molar-refractivity contribution in [3.8, 4) is 34.1 Å². The third kappa shape index (κ3) is 6.21. The van der Waals surface area contributed by atoms with Crippen LogP contribution in [-0.2, 0) is 11.1 Å². The third-order valence-electron chi connectivity index (χ3n) is 6.83. The molecular formula is C30H29F2NO5S. The van der Waals surface area contributed by atoms with E-state index in [-0.39, 0.29) is 5.56 Å². The lowest BCUT2D eigenvalue weighted by atomic mass is 9.99. The van der Waals surface area contributed by atoms with Crippen molar-refractivity contribution in [2.45, 2.75) is 24.2 Å². The molecule has 1 fully saturated rings. The van der Waals surface area contributed by atoms with Gasteiger partial charge in [-0.1, -0.05) is 12.5 Å². The van der Waals surface area contributed by atoms with Gasteiger partial charge in [-0.15, -0.1) is 0 Å². The monoisotopic (exact) mass is 553 g/mol. The molecule has 4 aromatic carbocycles. The normalized spacial score (nSPS) is 14.8. The summed E-state index contributed by atoms with van der Waals surface area (Å²) in [5, 5.41) is 1.51. The van der Waals surface area contributed by atoms with Crippen molar-refractivity contribution >= 4 is 21.9 Å². The number of rotatable bonds is 9. The van der Waals surface area contributed by atoms with E-state index in [1.807, 2.05) is 24.3 Å². The van der Waals surface area contributed by atoms with E-state index in [1.165, 1.54) is 19.3 Å². The van der Waals surface area contributed by atoms with Crippen LogP contribution in [-0.4, -0.2) is 47.0 Å². The van der Waals surface area contributed by atoms with Crippen molar-refractivity contribution in [3.63, 3.8) is 0 Å². The molecule has 0 radical (unpaired) electrons. The number of fused-ring (bicyclic) bond motifs is 1. The van der Waals surface area contributed by atoms with Gasteiger partial charge in [0.15, 0.2) is 11.1 Å². The van der Waals surface area contributed by atoms with Gasteiger partial charge in [0, 0.05) is 17.5 Å². The Morgan fingerprint density at radius 1 is 0.872 bits per heavy atom. The molecule has 0 spiro atoms. The van der Waals surface area contributed by atoms with Gasteiger partial charge in [0.1, 0.15) is 46.1 Å². The first-order chi connectivity index (χ1) is 18.9. The summed E-state index contributed by atoms with van der Waals surface area (Å²) < 4.78 is 67.5. The molecule has 0 aromatic heterocycles. The number of hydrogen-bond donors (Lipinski definition) is 1. The van der Waals surface area contributed by atoms with Crippen LogP contribution in [0.3, 0.4) is 0 Å². The molecule has 1 heterocycles. The average Bonchev–Trinajstić information content (AvgIpc) is 2.93. The zero-order chi connectivity index (χ0) is 27.4. The van der Waals surface area contributed by atoms with E-state index in [0.717, 1.165) is 42.9 Å². The fourth-order valence-electron chi connectivity index (χ4n) is 4.82. The second-order valence-electron chi connectivity index (χ2n) is 9.37. The van der Waals surface area contributed by atoms with Gasteiger partial charge < -0.3 is 18.8 Å². The van der Waals surface area contributed by atoms with E-state index >= 15 is 0 Å². The topological polar surface area (TPSA) is 68.2 Å². The highest BCUT2D eigenvalue weighted by molar-refractivity contribution is 7.79. The highest BCUT2D eigenvalue weighted by Crippen LogP contribution is 2.41. The Balaban J connectivity index is 1.44. The van der Waals surface area contributed by atoms with Crippen LogP contribution in [0, 0.1) is 11.6 Å². The molecule has 1 unspecified atom stereocenters. The molecule has 1 aliphatic heterocycles. The maximum atomic E-state index is 14.6. The minimum atomic E-state index is -2.80. The summed E-state index contributed by atoms with van der Waals surface area (Å²) in [5.41, 5.74) is 0.590. The molecule has 204 valence electrons. The number of nitrogens with zero attached hydrogens (tertiary/aromatic N) is 1. The minimum absolute atomic E-state index is 0.171. The van der Waals surface area contributed by atoms with Crippen molar-refractivity contribution in [1.29, 1.82) is 0 Å². The third-order valence-corrected chi connectivity index (χ3v) is 7.57. The molecule has 4 aromatic rings. The molecule has 1 aliphatic rings. The van der Waals surface area contributed by atoms with E-state index in [4.69, 9.17) is 14.2 Å². The molecule has 1 atom stereocenters. The van der Waals surface area contributed by atoms with E-state index < -0.39 is 27.6 Å². The summed E-state index contributed by atoms with van der Waals surface area (Å²) in [7, 11) is 1.57. The van der Waals surface area contributed by atoms with Crippen molar-refractivity contribution < 1.29 is 31.8 Å². The second-order valence-corrected chi connectivity index (χ2v) is 10.3. The number of methoxy groups -OCH3 is 1. The van der Waals surface area contributed by atoms with E-state index in [2.05, 4.69) is 4.90 Å². The van der Waals surface area contributed by atoms with Crippen LogP contribution in [0.5, 0.6) is 23.0 Å². The molecule has 0 bridgehead atoms. The Bertz CT molecular complexity index is 1470. The number of piperidine rings is 1. The van der Waals surface area contributed by atoms with Gasteiger partial charge in [-0.25, -0.2) is 13.0 Å². The summed E-state index contributed by atoms with van der Waals surface area (Å²) in [4.78, 5) is 1.52. The first kappa shape index (κ1) is 27.1. The molecule has 0 saturated carbocycles. The zero-order valence-electron chi connectivity index (χ0n) is 21.5. The SMILES string of the molecule is COc1ccc2c(Oc3ccc(OCCN4CCCCC4)cc3)c(-c3cc(F)c(S(=O)O)c(F)c3)ccc2c1.